The Morgan fingerprint density at radius 2 is 1.65 bits per heavy atom. The van der Waals surface area contributed by atoms with E-state index in [0.29, 0.717) is 30.4 Å². The molecule has 0 radical (unpaired) electrons. The van der Waals surface area contributed by atoms with Crippen LogP contribution in [0.1, 0.15) is 17.5 Å². The zero-order chi connectivity index (χ0) is 30.7. The van der Waals surface area contributed by atoms with Gasteiger partial charge in [0.2, 0.25) is 15.9 Å². The fourth-order valence-electron chi connectivity index (χ4n) is 4.62. The third-order valence-corrected chi connectivity index (χ3v) is 9.13. The molecule has 230 valence electrons. The number of rotatable bonds is 14. The highest BCUT2D eigenvalue weighted by Crippen LogP contribution is 2.22. The van der Waals surface area contributed by atoms with Crippen LogP contribution in [0.5, 0.6) is 5.75 Å². The second-order valence-electron chi connectivity index (χ2n) is 10.00. The van der Waals surface area contributed by atoms with E-state index in [-0.39, 0.29) is 56.6 Å². The molecule has 0 spiro atoms. The van der Waals surface area contributed by atoms with Crippen molar-refractivity contribution in [2.24, 2.45) is 0 Å². The van der Waals surface area contributed by atoms with Gasteiger partial charge in [-0.2, -0.15) is 4.31 Å². The summed E-state index contributed by atoms with van der Waals surface area (Å²) in [5, 5.41) is 12.6. The van der Waals surface area contributed by atoms with Crippen LogP contribution in [0.2, 0.25) is 5.02 Å². The molecule has 1 fully saturated rings. The van der Waals surface area contributed by atoms with Crippen molar-refractivity contribution in [2.75, 3.05) is 46.1 Å². The van der Waals surface area contributed by atoms with Crippen LogP contribution in [-0.2, 0) is 37.3 Å². The van der Waals surface area contributed by atoms with Gasteiger partial charge in [-0.3, -0.25) is 9.59 Å². The minimum absolute atomic E-state index is 0.0720. The zero-order valence-electron chi connectivity index (χ0n) is 23.7. The molecule has 0 aromatic heterocycles. The van der Waals surface area contributed by atoms with Crippen molar-refractivity contribution < 1.29 is 32.6 Å². The molecule has 0 saturated carbocycles. The maximum absolute atomic E-state index is 13.7. The number of sulfonamides is 1. The Morgan fingerprint density at radius 3 is 2.30 bits per heavy atom. The predicted molar refractivity (Wildman–Crippen MR) is 162 cm³/mol. The van der Waals surface area contributed by atoms with Crippen LogP contribution < -0.4 is 10.1 Å². The molecule has 1 heterocycles. The number of aliphatic hydroxyl groups is 1. The van der Waals surface area contributed by atoms with Crippen LogP contribution in [0.15, 0.2) is 83.8 Å². The number of aliphatic hydroxyl groups excluding tert-OH is 1. The van der Waals surface area contributed by atoms with Crippen molar-refractivity contribution in [3.8, 4) is 5.75 Å². The lowest BCUT2D eigenvalue weighted by Crippen LogP contribution is -2.51. The molecule has 2 amide bonds. The Morgan fingerprint density at radius 1 is 0.977 bits per heavy atom. The van der Waals surface area contributed by atoms with Crippen LogP contribution in [-0.4, -0.2) is 86.6 Å². The van der Waals surface area contributed by atoms with Crippen molar-refractivity contribution in [1.82, 2.24) is 14.5 Å². The standard InChI is InChI=1S/C31H36ClN3O7S/c32-26-9-7-25(8-10-26)22-35(29(31(38)33-15-4-18-36)21-24-5-2-1-3-6-24)30(37)23-42-27-11-13-28(14-12-27)43(39,40)34-16-19-41-20-17-34/h1-3,5-14,29,36H,4,15-23H2,(H,33,38)/t29-/m0/s1. The first-order chi connectivity index (χ1) is 20.8. The summed E-state index contributed by atoms with van der Waals surface area (Å²) in [5.41, 5.74) is 1.65. The van der Waals surface area contributed by atoms with Gasteiger partial charge in [-0.15, -0.1) is 0 Å². The van der Waals surface area contributed by atoms with Crippen molar-refractivity contribution in [1.29, 1.82) is 0 Å². The van der Waals surface area contributed by atoms with E-state index in [0.717, 1.165) is 11.1 Å². The molecule has 1 aliphatic rings. The number of nitrogens with one attached hydrogen (secondary N) is 1. The van der Waals surface area contributed by atoms with Gasteiger partial charge in [0.1, 0.15) is 11.8 Å². The number of morpholine rings is 1. The summed E-state index contributed by atoms with van der Waals surface area (Å²) in [6.07, 6.45) is 0.647. The summed E-state index contributed by atoms with van der Waals surface area (Å²) >= 11 is 6.07. The molecular weight excluding hydrogens is 594 g/mol. The molecule has 10 nitrogen and oxygen atoms in total. The van der Waals surface area contributed by atoms with Crippen LogP contribution in [0.4, 0.5) is 0 Å². The number of nitrogens with zero attached hydrogens (tertiary/aromatic N) is 2. The van der Waals surface area contributed by atoms with Gasteiger partial charge in [0.15, 0.2) is 6.61 Å². The van der Waals surface area contributed by atoms with E-state index < -0.39 is 22.0 Å². The average molecular weight is 630 g/mol. The summed E-state index contributed by atoms with van der Waals surface area (Å²) in [6.45, 7) is 1.21. The Labute approximate surface area is 257 Å². The van der Waals surface area contributed by atoms with Gasteiger partial charge in [0.05, 0.1) is 18.1 Å². The molecule has 1 saturated heterocycles. The number of ether oxygens (including phenoxy) is 2. The fourth-order valence-corrected chi connectivity index (χ4v) is 6.15. The van der Waals surface area contributed by atoms with Crippen LogP contribution in [0, 0.1) is 0 Å². The molecule has 12 heteroatoms. The Kier molecular flexibility index (Phi) is 11.9. The lowest BCUT2D eigenvalue weighted by Gasteiger charge is -2.31. The van der Waals surface area contributed by atoms with Crippen molar-refractivity contribution in [3.63, 3.8) is 0 Å². The van der Waals surface area contributed by atoms with Gasteiger partial charge in [-0.25, -0.2) is 8.42 Å². The van der Waals surface area contributed by atoms with E-state index in [9.17, 15) is 23.1 Å². The van der Waals surface area contributed by atoms with Gasteiger partial charge in [0, 0.05) is 44.2 Å². The topological polar surface area (TPSA) is 125 Å². The van der Waals surface area contributed by atoms with E-state index in [1.807, 2.05) is 30.3 Å². The van der Waals surface area contributed by atoms with E-state index in [1.165, 1.54) is 33.5 Å². The third kappa shape index (κ3) is 9.25. The average Bonchev–Trinajstić information content (AvgIpc) is 3.03. The lowest BCUT2D eigenvalue weighted by molar-refractivity contribution is -0.142. The van der Waals surface area contributed by atoms with Gasteiger partial charge < -0.3 is 24.8 Å². The number of halogens is 1. The summed E-state index contributed by atoms with van der Waals surface area (Å²) in [7, 11) is -3.67. The molecule has 2 N–H and O–H groups in total. The van der Waals surface area contributed by atoms with Crippen LogP contribution in [0.3, 0.4) is 0 Å². The molecule has 3 aromatic rings. The minimum Gasteiger partial charge on any atom is -0.484 e. The molecule has 1 aliphatic heterocycles. The van der Waals surface area contributed by atoms with Crippen molar-refractivity contribution >= 4 is 33.4 Å². The molecule has 43 heavy (non-hydrogen) atoms. The number of carbonyl (C=O) groups is 2. The lowest BCUT2D eigenvalue weighted by atomic mass is 10.0. The van der Waals surface area contributed by atoms with Crippen LogP contribution in [0.25, 0.3) is 0 Å². The zero-order valence-corrected chi connectivity index (χ0v) is 25.3. The highest BCUT2D eigenvalue weighted by atomic mass is 35.5. The minimum atomic E-state index is -3.67. The molecular formula is C31H36ClN3O7S. The molecule has 1 atom stereocenters. The van der Waals surface area contributed by atoms with E-state index in [2.05, 4.69) is 5.32 Å². The second-order valence-corrected chi connectivity index (χ2v) is 12.4. The summed E-state index contributed by atoms with van der Waals surface area (Å²) < 4.78 is 38.3. The molecule has 0 bridgehead atoms. The van der Waals surface area contributed by atoms with Crippen LogP contribution >= 0.6 is 11.6 Å². The van der Waals surface area contributed by atoms with Gasteiger partial charge in [-0.05, 0) is 53.9 Å². The quantitative estimate of drug-likeness (QED) is 0.263. The third-order valence-electron chi connectivity index (χ3n) is 6.97. The van der Waals surface area contributed by atoms with E-state index >= 15 is 0 Å². The largest absolute Gasteiger partial charge is 0.484 e. The number of amides is 2. The fraction of sp³-hybridized carbons (Fsp3) is 0.355. The van der Waals surface area contributed by atoms with E-state index in [4.69, 9.17) is 21.1 Å². The highest BCUT2D eigenvalue weighted by molar-refractivity contribution is 7.89. The van der Waals surface area contributed by atoms with E-state index in [1.54, 1.807) is 24.3 Å². The smallest absolute Gasteiger partial charge is 0.261 e. The summed E-state index contributed by atoms with van der Waals surface area (Å²) in [6, 6.07) is 21.5. The Hall–Kier alpha value is -3.48. The number of benzene rings is 3. The number of hydrogen-bond donors (Lipinski definition) is 2. The van der Waals surface area contributed by atoms with Gasteiger partial charge >= 0.3 is 0 Å². The Bertz CT molecular complexity index is 1430. The highest BCUT2D eigenvalue weighted by Gasteiger charge is 2.31. The number of hydrogen-bond acceptors (Lipinski definition) is 7. The van der Waals surface area contributed by atoms with Gasteiger partial charge in [-0.1, -0.05) is 54.1 Å². The van der Waals surface area contributed by atoms with Gasteiger partial charge in [0.25, 0.3) is 5.91 Å². The number of carbonyl (C=O) groups excluding carboxylic acids is 2. The molecule has 3 aromatic carbocycles. The summed E-state index contributed by atoms with van der Waals surface area (Å²) in [4.78, 5) is 28.8. The van der Waals surface area contributed by atoms with Crippen molar-refractivity contribution in [2.45, 2.75) is 30.3 Å². The van der Waals surface area contributed by atoms with Crippen molar-refractivity contribution in [3.05, 3.63) is 95.0 Å². The predicted octanol–water partition coefficient (Wildman–Crippen LogP) is 2.88. The first kappa shape index (κ1) is 32.4. The maximum atomic E-state index is 13.7. The first-order valence-electron chi connectivity index (χ1n) is 14.0. The SMILES string of the molecule is O=C(NCCCO)[C@H](Cc1ccccc1)N(Cc1ccc(Cl)cc1)C(=O)COc1ccc(S(=O)(=O)N2CCOCC2)cc1. The molecule has 4 rings (SSSR count). The first-order valence-corrected chi connectivity index (χ1v) is 15.9. The second kappa shape index (κ2) is 15.8. The molecule has 0 aliphatic carbocycles. The molecule has 0 unspecified atom stereocenters. The summed E-state index contributed by atoms with van der Waals surface area (Å²) in [5.74, 6) is -0.469. The normalized spacial score (nSPS) is 14.6. The monoisotopic (exact) mass is 629 g/mol. The maximum Gasteiger partial charge on any atom is 0.261 e. The Balaban J connectivity index is 1.53.